The zero-order valence-corrected chi connectivity index (χ0v) is 25.2. The predicted molar refractivity (Wildman–Crippen MR) is 172 cm³/mol. The summed E-state index contributed by atoms with van der Waals surface area (Å²) in [6.07, 6.45) is 1.55. The summed E-state index contributed by atoms with van der Waals surface area (Å²) < 4.78 is 13.0. The van der Waals surface area contributed by atoms with Gasteiger partial charge in [0, 0.05) is 31.3 Å². The highest BCUT2D eigenvalue weighted by Crippen LogP contribution is 2.32. The van der Waals surface area contributed by atoms with Crippen LogP contribution in [0.5, 0.6) is 11.5 Å². The van der Waals surface area contributed by atoms with Crippen LogP contribution in [0.1, 0.15) is 16.7 Å². The largest absolute Gasteiger partial charge is 0.489 e. The number of anilines is 1. The van der Waals surface area contributed by atoms with Crippen LogP contribution in [0, 0.1) is 11.3 Å². The van der Waals surface area contributed by atoms with E-state index in [1.165, 1.54) is 0 Å². The van der Waals surface area contributed by atoms with E-state index in [0.717, 1.165) is 26.4 Å². The molecule has 0 radical (unpaired) electrons. The summed E-state index contributed by atoms with van der Waals surface area (Å²) in [4.78, 5) is 13.2. The van der Waals surface area contributed by atoms with Gasteiger partial charge in [-0.05, 0) is 77.0 Å². The third-order valence-electron chi connectivity index (χ3n) is 6.41. The number of fused-ring (bicyclic) bond motifs is 1. The van der Waals surface area contributed by atoms with Crippen molar-refractivity contribution in [2.45, 2.75) is 13.2 Å². The first-order valence-electron chi connectivity index (χ1n) is 12.9. The molecule has 5 nitrogen and oxygen atoms in total. The van der Waals surface area contributed by atoms with Crippen molar-refractivity contribution in [2.75, 3.05) is 5.32 Å². The van der Waals surface area contributed by atoms with Gasteiger partial charge in [0.25, 0.3) is 5.91 Å². The van der Waals surface area contributed by atoms with Gasteiger partial charge in [-0.25, -0.2) is 0 Å². The lowest BCUT2D eigenvalue weighted by molar-refractivity contribution is -0.112. The molecule has 0 atom stereocenters. The van der Waals surface area contributed by atoms with Crippen LogP contribution in [-0.4, -0.2) is 5.91 Å². The van der Waals surface area contributed by atoms with Crippen molar-refractivity contribution in [3.63, 3.8) is 0 Å². The number of carbonyl (C=O) groups is 1. The van der Waals surface area contributed by atoms with Gasteiger partial charge in [-0.2, -0.15) is 5.26 Å². The second-order valence-corrected chi connectivity index (χ2v) is 11.0. The van der Waals surface area contributed by atoms with E-state index in [1.807, 2.05) is 66.7 Å². The highest BCUT2D eigenvalue weighted by molar-refractivity contribution is 9.10. The molecular weight excluding hydrogens is 635 g/mol. The molecule has 8 heteroatoms. The van der Waals surface area contributed by atoms with Crippen LogP contribution < -0.4 is 14.8 Å². The summed E-state index contributed by atoms with van der Waals surface area (Å²) in [5.41, 5.74) is 2.86. The minimum absolute atomic E-state index is 0.0729. The Morgan fingerprint density at radius 2 is 1.64 bits per heavy atom. The van der Waals surface area contributed by atoms with Crippen molar-refractivity contribution >= 4 is 67.6 Å². The van der Waals surface area contributed by atoms with Gasteiger partial charge in [-0.15, -0.1) is 0 Å². The van der Waals surface area contributed by atoms with Gasteiger partial charge in [0.2, 0.25) is 0 Å². The Morgan fingerprint density at radius 1 is 0.881 bits per heavy atom. The van der Waals surface area contributed by atoms with E-state index in [9.17, 15) is 10.1 Å². The number of benzene rings is 5. The van der Waals surface area contributed by atoms with E-state index in [0.29, 0.717) is 39.4 Å². The maximum Gasteiger partial charge on any atom is 0.266 e. The molecule has 1 N–H and O–H groups in total. The average molecular weight is 658 g/mol. The maximum atomic E-state index is 13.2. The lowest BCUT2D eigenvalue weighted by Gasteiger charge is -2.14. The van der Waals surface area contributed by atoms with Gasteiger partial charge in [-0.3, -0.25) is 4.79 Å². The van der Waals surface area contributed by atoms with E-state index >= 15 is 0 Å². The van der Waals surface area contributed by atoms with Gasteiger partial charge in [-0.1, -0.05) is 87.7 Å². The zero-order valence-electron chi connectivity index (χ0n) is 22.1. The molecule has 5 aromatic rings. The number of rotatable bonds is 9. The van der Waals surface area contributed by atoms with Crippen LogP contribution in [0.4, 0.5) is 5.69 Å². The van der Waals surface area contributed by atoms with Gasteiger partial charge in [0.1, 0.15) is 36.4 Å². The normalized spacial score (nSPS) is 11.1. The van der Waals surface area contributed by atoms with Gasteiger partial charge >= 0.3 is 0 Å². The highest BCUT2D eigenvalue weighted by Gasteiger charge is 2.15. The van der Waals surface area contributed by atoms with Crippen molar-refractivity contribution in [1.82, 2.24) is 0 Å². The fourth-order valence-electron chi connectivity index (χ4n) is 4.22. The molecule has 0 aliphatic rings. The highest BCUT2D eigenvalue weighted by atomic mass is 79.9. The molecule has 0 unspecified atom stereocenters. The monoisotopic (exact) mass is 656 g/mol. The number of nitrogens with zero attached hydrogens (tertiary/aromatic N) is 1. The topological polar surface area (TPSA) is 71.3 Å². The molecule has 0 aliphatic heterocycles. The van der Waals surface area contributed by atoms with Crippen molar-refractivity contribution in [2.24, 2.45) is 0 Å². The van der Waals surface area contributed by atoms with Crippen LogP contribution in [-0.2, 0) is 18.0 Å². The van der Waals surface area contributed by atoms with E-state index in [4.69, 9.17) is 32.7 Å². The molecule has 0 aromatic heterocycles. The second-order valence-electron chi connectivity index (χ2n) is 9.29. The average Bonchev–Trinajstić information content (AvgIpc) is 3.00. The first kappa shape index (κ1) is 29.2. The third-order valence-corrected chi connectivity index (χ3v) is 7.53. The Labute approximate surface area is 262 Å². The zero-order chi connectivity index (χ0) is 29.5. The summed E-state index contributed by atoms with van der Waals surface area (Å²) in [6.45, 7) is 0.597. The van der Waals surface area contributed by atoms with Crippen molar-refractivity contribution < 1.29 is 14.3 Å². The van der Waals surface area contributed by atoms with Gasteiger partial charge in [0.05, 0.1) is 0 Å². The molecule has 0 saturated heterocycles. The third kappa shape index (κ3) is 7.32. The Kier molecular flexibility index (Phi) is 9.45. The van der Waals surface area contributed by atoms with Crippen LogP contribution in [0.15, 0.2) is 113 Å². The molecule has 0 heterocycles. The van der Waals surface area contributed by atoms with E-state index in [-0.39, 0.29) is 12.2 Å². The molecular formula is C34H23BrCl2N2O3. The van der Waals surface area contributed by atoms with Crippen LogP contribution in [0.2, 0.25) is 10.0 Å². The summed E-state index contributed by atoms with van der Waals surface area (Å²) in [6, 6.07) is 33.5. The van der Waals surface area contributed by atoms with E-state index < -0.39 is 5.91 Å². The number of hydrogen-bond donors (Lipinski definition) is 1. The summed E-state index contributed by atoms with van der Waals surface area (Å²) >= 11 is 15.8. The smallest absolute Gasteiger partial charge is 0.266 e. The number of carbonyl (C=O) groups excluding carboxylic acids is 1. The Bertz CT molecular complexity index is 1810. The first-order valence-corrected chi connectivity index (χ1v) is 14.4. The Morgan fingerprint density at radius 3 is 2.38 bits per heavy atom. The standard InChI is InChI=1S/C34H23BrCl2N2O3/c35-26-9-5-22(6-10-26)20-41-29-14-12-28(13-15-29)39-34(40)25(19-38)17-31-30-4-2-1-3-23(30)8-16-33(31)42-21-24-7-11-27(36)18-32(24)37/h1-18H,20-21H2,(H,39,40)/b25-17+. The second kappa shape index (κ2) is 13.6. The lowest BCUT2D eigenvalue weighted by atomic mass is 10.0. The van der Waals surface area contributed by atoms with Crippen LogP contribution >= 0.6 is 39.1 Å². The summed E-state index contributed by atoms with van der Waals surface area (Å²) in [7, 11) is 0. The van der Waals surface area contributed by atoms with Crippen molar-refractivity contribution in [3.8, 4) is 17.6 Å². The molecule has 0 bridgehead atoms. The minimum Gasteiger partial charge on any atom is -0.489 e. The molecule has 0 spiro atoms. The molecule has 208 valence electrons. The number of hydrogen-bond acceptors (Lipinski definition) is 4. The SMILES string of the molecule is N#C/C(=C\c1c(OCc2ccc(Cl)cc2Cl)ccc2ccccc12)C(=O)Nc1ccc(OCc2ccc(Br)cc2)cc1. The Balaban J connectivity index is 1.34. The van der Waals surface area contributed by atoms with Crippen LogP contribution in [0.3, 0.4) is 0 Å². The minimum atomic E-state index is -0.541. The fourth-order valence-corrected chi connectivity index (χ4v) is 4.95. The molecule has 0 aliphatic carbocycles. The molecule has 0 saturated carbocycles. The first-order chi connectivity index (χ1) is 20.4. The summed E-state index contributed by atoms with van der Waals surface area (Å²) in [5, 5.41) is 15.5. The molecule has 0 fully saturated rings. The van der Waals surface area contributed by atoms with E-state index in [2.05, 4.69) is 21.2 Å². The van der Waals surface area contributed by atoms with Gasteiger partial charge in [0.15, 0.2) is 0 Å². The van der Waals surface area contributed by atoms with Crippen molar-refractivity contribution in [1.29, 1.82) is 5.26 Å². The number of nitriles is 1. The van der Waals surface area contributed by atoms with Crippen LogP contribution in [0.25, 0.3) is 16.8 Å². The molecule has 5 rings (SSSR count). The molecule has 42 heavy (non-hydrogen) atoms. The molecule has 1 amide bonds. The predicted octanol–water partition coefficient (Wildman–Crippen LogP) is 9.61. The number of amides is 1. The quantitative estimate of drug-likeness (QED) is 0.127. The Hall–Kier alpha value is -4.28. The number of nitrogens with one attached hydrogen (secondary N) is 1. The molecule has 5 aromatic carbocycles. The fraction of sp³-hybridized carbons (Fsp3) is 0.0588. The number of ether oxygens (including phenoxy) is 2. The van der Waals surface area contributed by atoms with E-state index in [1.54, 1.807) is 48.5 Å². The van der Waals surface area contributed by atoms with Gasteiger partial charge < -0.3 is 14.8 Å². The summed E-state index contributed by atoms with van der Waals surface area (Å²) in [5.74, 6) is 0.624. The maximum absolute atomic E-state index is 13.2. The number of halogens is 3. The lowest BCUT2D eigenvalue weighted by Crippen LogP contribution is -2.13. The van der Waals surface area contributed by atoms with Crippen molar-refractivity contribution in [3.05, 3.63) is 140 Å².